The molecule has 0 heterocycles. The molecule has 0 aliphatic rings. The molecule has 2 rings (SSSR count). The quantitative estimate of drug-likeness (QED) is 0.785. The number of allylic oxidation sites excluding steroid dienone is 2. The number of benzene rings is 2. The van der Waals surface area contributed by atoms with Gasteiger partial charge in [0.2, 0.25) is 0 Å². The second-order valence-electron chi connectivity index (χ2n) is 4.65. The summed E-state index contributed by atoms with van der Waals surface area (Å²) >= 11 is 0. The highest BCUT2D eigenvalue weighted by Crippen LogP contribution is 2.25. The highest BCUT2D eigenvalue weighted by molar-refractivity contribution is 7.82. The smallest absolute Gasteiger partial charge is 0.352 e. The zero-order chi connectivity index (χ0) is 16.7. The molecule has 0 N–H and O–H groups in total. The SMILES string of the molecule is C/C=C\c1ccccc1OS(=O)(=O)Oc1ccccc1/C=C\C. The minimum atomic E-state index is -4.24. The Bertz CT molecular complexity index is 757. The normalized spacial score (nSPS) is 11.9. The summed E-state index contributed by atoms with van der Waals surface area (Å²) < 4.78 is 34.6. The third kappa shape index (κ3) is 4.72. The molecule has 0 spiro atoms. The number of para-hydroxylation sites is 2. The predicted molar refractivity (Wildman–Crippen MR) is 92.5 cm³/mol. The first-order valence-corrected chi connectivity index (χ1v) is 8.46. The average molecular weight is 330 g/mol. The Morgan fingerprint density at radius 1 is 0.739 bits per heavy atom. The van der Waals surface area contributed by atoms with Gasteiger partial charge < -0.3 is 8.37 Å². The van der Waals surface area contributed by atoms with Gasteiger partial charge in [0.05, 0.1) is 0 Å². The first-order chi connectivity index (χ1) is 11.1. The molecule has 23 heavy (non-hydrogen) atoms. The number of hydrogen-bond donors (Lipinski definition) is 0. The van der Waals surface area contributed by atoms with Gasteiger partial charge in [-0.3, -0.25) is 0 Å². The topological polar surface area (TPSA) is 52.6 Å². The number of rotatable bonds is 6. The Balaban J connectivity index is 2.27. The molecule has 0 saturated heterocycles. The zero-order valence-electron chi connectivity index (χ0n) is 13.0. The van der Waals surface area contributed by atoms with Gasteiger partial charge in [-0.15, -0.1) is 8.42 Å². The summed E-state index contributed by atoms with van der Waals surface area (Å²) in [5.74, 6) is 0.434. The molecule has 0 unspecified atom stereocenters. The minimum absolute atomic E-state index is 0.217. The summed E-state index contributed by atoms with van der Waals surface area (Å²) in [6.45, 7) is 3.68. The summed E-state index contributed by atoms with van der Waals surface area (Å²) in [5, 5.41) is 0. The van der Waals surface area contributed by atoms with Crippen molar-refractivity contribution < 1.29 is 16.8 Å². The van der Waals surface area contributed by atoms with Gasteiger partial charge >= 0.3 is 10.4 Å². The lowest BCUT2D eigenvalue weighted by molar-refractivity contribution is 0.392. The van der Waals surface area contributed by atoms with E-state index in [0.29, 0.717) is 11.1 Å². The van der Waals surface area contributed by atoms with E-state index >= 15 is 0 Å². The number of hydrogen-bond acceptors (Lipinski definition) is 4. The largest absolute Gasteiger partial charge is 0.501 e. The van der Waals surface area contributed by atoms with Crippen molar-refractivity contribution in [3.05, 3.63) is 71.8 Å². The maximum absolute atomic E-state index is 12.2. The highest BCUT2D eigenvalue weighted by Gasteiger charge is 2.18. The molecule has 2 aromatic rings. The lowest BCUT2D eigenvalue weighted by Crippen LogP contribution is -2.17. The van der Waals surface area contributed by atoms with E-state index in [2.05, 4.69) is 0 Å². The van der Waals surface area contributed by atoms with Gasteiger partial charge in [0.15, 0.2) is 11.5 Å². The van der Waals surface area contributed by atoms with Gasteiger partial charge in [-0.1, -0.05) is 60.7 Å². The summed E-state index contributed by atoms with van der Waals surface area (Å²) in [4.78, 5) is 0. The van der Waals surface area contributed by atoms with Crippen molar-refractivity contribution in [2.24, 2.45) is 0 Å². The van der Waals surface area contributed by atoms with Gasteiger partial charge in [-0.2, -0.15) is 0 Å². The molecule has 0 aromatic heterocycles. The van der Waals surface area contributed by atoms with Crippen LogP contribution in [0, 0.1) is 0 Å². The zero-order valence-corrected chi connectivity index (χ0v) is 13.8. The first-order valence-electron chi connectivity index (χ1n) is 7.13. The van der Waals surface area contributed by atoms with Crippen LogP contribution in [0.1, 0.15) is 25.0 Å². The van der Waals surface area contributed by atoms with Gasteiger partial charge in [0.1, 0.15) is 0 Å². The van der Waals surface area contributed by atoms with Crippen LogP contribution in [0.2, 0.25) is 0 Å². The lowest BCUT2D eigenvalue weighted by atomic mass is 10.2. The molecule has 0 bridgehead atoms. The van der Waals surface area contributed by atoms with Crippen LogP contribution in [-0.2, 0) is 10.4 Å². The molecule has 0 atom stereocenters. The summed E-state index contributed by atoms with van der Waals surface area (Å²) in [6.07, 6.45) is 7.13. The molecule has 5 heteroatoms. The van der Waals surface area contributed by atoms with Crippen molar-refractivity contribution in [1.82, 2.24) is 0 Å². The van der Waals surface area contributed by atoms with Crippen LogP contribution in [0.4, 0.5) is 0 Å². The Morgan fingerprint density at radius 2 is 1.13 bits per heavy atom. The first kappa shape index (κ1) is 16.8. The monoisotopic (exact) mass is 330 g/mol. The van der Waals surface area contributed by atoms with Crippen LogP contribution in [0.3, 0.4) is 0 Å². The molecule has 2 aromatic carbocycles. The van der Waals surface area contributed by atoms with E-state index in [0.717, 1.165) is 0 Å². The van der Waals surface area contributed by atoms with Gasteiger partial charge in [0, 0.05) is 11.1 Å². The molecule has 0 aliphatic carbocycles. The Kier molecular flexibility index (Phi) is 5.60. The van der Waals surface area contributed by atoms with Crippen molar-refractivity contribution in [3.8, 4) is 11.5 Å². The fourth-order valence-corrected chi connectivity index (χ4v) is 2.76. The van der Waals surface area contributed by atoms with E-state index in [1.165, 1.54) is 0 Å². The van der Waals surface area contributed by atoms with Gasteiger partial charge in [-0.25, -0.2) is 0 Å². The molecule has 0 fully saturated rings. The van der Waals surface area contributed by atoms with Crippen molar-refractivity contribution >= 4 is 22.6 Å². The summed E-state index contributed by atoms with van der Waals surface area (Å²) in [7, 11) is -4.24. The van der Waals surface area contributed by atoms with Crippen LogP contribution >= 0.6 is 0 Å². The minimum Gasteiger partial charge on any atom is -0.352 e. The predicted octanol–water partition coefficient (Wildman–Crippen LogP) is 4.46. The summed E-state index contributed by atoms with van der Waals surface area (Å²) in [5.41, 5.74) is 1.31. The van der Waals surface area contributed by atoms with Gasteiger partial charge in [0.25, 0.3) is 0 Å². The van der Waals surface area contributed by atoms with E-state index in [9.17, 15) is 8.42 Å². The van der Waals surface area contributed by atoms with Crippen LogP contribution < -0.4 is 8.37 Å². The van der Waals surface area contributed by atoms with E-state index in [-0.39, 0.29) is 11.5 Å². The van der Waals surface area contributed by atoms with Crippen molar-refractivity contribution in [1.29, 1.82) is 0 Å². The molecule has 0 amide bonds. The molecule has 0 aliphatic heterocycles. The standard InChI is InChI=1S/C18H18O4S/c1-3-9-15-11-5-7-13-17(15)21-23(19,20)22-18-14-8-6-12-16(18)10-4-2/h3-14H,1-2H3/b9-3-,10-4-. The molecular formula is C18H18O4S. The lowest BCUT2D eigenvalue weighted by Gasteiger charge is -2.11. The van der Waals surface area contributed by atoms with Crippen molar-refractivity contribution in [2.45, 2.75) is 13.8 Å². The Hall–Kier alpha value is -2.53. The second-order valence-corrected chi connectivity index (χ2v) is 5.80. The molecule has 120 valence electrons. The van der Waals surface area contributed by atoms with E-state index in [4.69, 9.17) is 8.37 Å². The third-order valence-corrected chi connectivity index (χ3v) is 3.68. The maximum Gasteiger partial charge on any atom is 0.501 e. The fraction of sp³-hybridized carbons (Fsp3) is 0.111. The molecule has 0 radical (unpaired) electrons. The summed E-state index contributed by atoms with van der Waals surface area (Å²) in [6, 6.07) is 13.7. The molecule has 4 nitrogen and oxygen atoms in total. The maximum atomic E-state index is 12.2. The Morgan fingerprint density at radius 3 is 1.52 bits per heavy atom. The van der Waals surface area contributed by atoms with Crippen LogP contribution in [0.5, 0.6) is 11.5 Å². The van der Waals surface area contributed by atoms with Crippen LogP contribution in [0.25, 0.3) is 12.2 Å². The van der Waals surface area contributed by atoms with E-state index in [1.54, 1.807) is 72.8 Å². The van der Waals surface area contributed by atoms with Crippen molar-refractivity contribution in [3.63, 3.8) is 0 Å². The Labute approximate surface area is 137 Å². The molecular weight excluding hydrogens is 312 g/mol. The van der Waals surface area contributed by atoms with E-state index < -0.39 is 10.4 Å². The second kappa shape index (κ2) is 7.65. The highest BCUT2D eigenvalue weighted by atomic mass is 32.3. The molecule has 0 saturated carbocycles. The average Bonchev–Trinajstić information content (AvgIpc) is 2.51. The van der Waals surface area contributed by atoms with Gasteiger partial charge in [-0.05, 0) is 26.0 Å². The fourth-order valence-electron chi connectivity index (χ4n) is 1.98. The third-order valence-electron chi connectivity index (χ3n) is 2.91. The van der Waals surface area contributed by atoms with E-state index in [1.807, 2.05) is 13.8 Å². The van der Waals surface area contributed by atoms with Crippen LogP contribution in [-0.4, -0.2) is 8.42 Å². The van der Waals surface area contributed by atoms with Crippen LogP contribution in [0.15, 0.2) is 60.7 Å². The van der Waals surface area contributed by atoms with Crippen molar-refractivity contribution in [2.75, 3.05) is 0 Å².